The van der Waals surface area contributed by atoms with Crippen LogP contribution in [0.5, 0.6) is 0 Å². The average Bonchev–Trinajstić information content (AvgIpc) is 3.12. The fraction of sp³-hybridized carbons (Fsp3) is 0.625. The number of imidazole rings is 1. The molecule has 3 N–H and O–H groups in total. The van der Waals surface area contributed by atoms with Crippen LogP contribution in [-0.2, 0) is 40.2 Å². The number of nitrogens with one attached hydrogen (secondary N) is 1. The Balaban J connectivity index is 1.64. The van der Waals surface area contributed by atoms with Gasteiger partial charge in [-0.2, -0.15) is 5.10 Å². The summed E-state index contributed by atoms with van der Waals surface area (Å²) in [7, 11) is 0. The Hall–Kier alpha value is -2.30. The summed E-state index contributed by atoms with van der Waals surface area (Å²) in [5, 5.41) is 7.81. The molecule has 1 unspecified atom stereocenters. The van der Waals surface area contributed by atoms with Gasteiger partial charge in [-0.05, 0) is 0 Å². The summed E-state index contributed by atoms with van der Waals surface area (Å²) in [5.41, 5.74) is 6.06. The lowest BCUT2D eigenvalue weighted by Crippen LogP contribution is -2.32. The predicted molar refractivity (Wildman–Crippen MR) is 91.3 cm³/mol. The van der Waals surface area contributed by atoms with E-state index in [2.05, 4.69) is 20.0 Å². The van der Waals surface area contributed by atoms with Gasteiger partial charge >= 0.3 is 0 Å². The molecule has 10 heteroatoms. The first-order chi connectivity index (χ1) is 12.7. The zero-order valence-electron chi connectivity index (χ0n) is 14.6. The van der Waals surface area contributed by atoms with Crippen molar-refractivity contribution in [3.05, 3.63) is 17.8 Å². The van der Waals surface area contributed by atoms with Gasteiger partial charge in [-0.15, -0.1) is 0 Å². The number of carbonyl (C=O) groups excluding carboxylic acids is 1. The number of primary amides is 1. The second-order valence-electron chi connectivity index (χ2n) is 6.48. The quantitative estimate of drug-likeness (QED) is 0.681. The fourth-order valence-corrected chi connectivity index (χ4v) is 3.25. The molecule has 1 atom stereocenters. The van der Waals surface area contributed by atoms with E-state index < -0.39 is 5.91 Å². The first-order valence-electron chi connectivity index (χ1n) is 8.87. The van der Waals surface area contributed by atoms with Gasteiger partial charge in [0, 0.05) is 32.3 Å². The highest BCUT2D eigenvalue weighted by Crippen LogP contribution is 2.20. The minimum absolute atomic E-state index is 0.000487. The molecule has 4 heterocycles. The van der Waals surface area contributed by atoms with E-state index in [9.17, 15) is 4.79 Å². The van der Waals surface area contributed by atoms with Gasteiger partial charge in [0.25, 0.3) is 0 Å². The largest absolute Gasteiger partial charge is 0.376 e. The smallest absolute Gasteiger partial charge is 0.225 e. The van der Waals surface area contributed by atoms with Crippen molar-refractivity contribution in [3.63, 3.8) is 0 Å². The Kier molecular flexibility index (Phi) is 4.96. The number of fused-ring (bicyclic) bond motifs is 1. The maximum atomic E-state index is 11.3. The maximum absolute atomic E-state index is 11.3. The van der Waals surface area contributed by atoms with Crippen molar-refractivity contribution in [1.29, 1.82) is 0 Å². The molecule has 0 saturated carbocycles. The van der Waals surface area contributed by atoms with E-state index in [1.54, 1.807) is 4.68 Å². The second-order valence-corrected chi connectivity index (χ2v) is 6.48. The molecule has 0 spiro atoms. The number of hydrogen-bond acceptors (Lipinski definition) is 7. The second kappa shape index (κ2) is 7.52. The van der Waals surface area contributed by atoms with Gasteiger partial charge < -0.3 is 25.1 Å². The van der Waals surface area contributed by atoms with Gasteiger partial charge in [-0.1, -0.05) is 0 Å². The van der Waals surface area contributed by atoms with Crippen LogP contribution < -0.4 is 11.1 Å². The lowest BCUT2D eigenvalue weighted by Gasteiger charge is -2.23. The van der Waals surface area contributed by atoms with E-state index >= 15 is 0 Å². The van der Waals surface area contributed by atoms with Crippen molar-refractivity contribution in [2.75, 3.05) is 32.9 Å². The standard InChI is InChI=1S/C16H23N7O3/c17-13(24)7-14-20-16(23(21-14)8-11-10-25-5-6-26-11)12-9-22-4-3-18-2-1-15(22)19-12/h9,11,18H,1-8,10H2,(H2,17,24). The van der Waals surface area contributed by atoms with Gasteiger partial charge in [0.2, 0.25) is 5.91 Å². The van der Waals surface area contributed by atoms with Crippen LogP contribution in [0, 0.1) is 0 Å². The highest BCUT2D eigenvalue weighted by atomic mass is 16.6. The summed E-state index contributed by atoms with van der Waals surface area (Å²) in [6.07, 6.45) is 2.76. The molecule has 2 aliphatic rings. The molecule has 140 valence electrons. The normalized spacial score (nSPS) is 20.5. The van der Waals surface area contributed by atoms with E-state index in [0.29, 0.717) is 38.0 Å². The van der Waals surface area contributed by atoms with E-state index in [-0.39, 0.29) is 12.5 Å². The summed E-state index contributed by atoms with van der Waals surface area (Å²) in [5.74, 6) is 1.59. The molecule has 0 radical (unpaired) electrons. The molecule has 2 aromatic rings. The van der Waals surface area contributed by atoms with Crippen LogP contribution in [0.15, 0.2) is 6.20 Å². The maximum Gasteiger partial charge on any atom is 0.225 e. The molecule has 0 aromatic carbocycles. The minimum Gasteiger partial charge on any atom is -0.376 e. The Morgan fingerprint density at radius 3 is 3.08 bits per heavy atom. The Morgan fingerprint density at radius 2 is 2.27 bits per heavy atom. The van der Waals surface area contributed by atoms with Gasteiger partial charge in [0.1, 0.15) is 17.6 Å². The summed E-state index contributed by atoms with van der Waals surface area (Å²) in [4.78, 5) is 20.5. The van der Waals surface area contributed by atoms with Gasteiger partial charge in [0.05, 0.1) is 32.8 Å². The summed E-state index contributed by atoms with van der Waals surface area (Å²) < 4.78 is 15.1. The molecule has 4 rings (SSSR count). The van der Waals surface area contributed by atoms with Crippen LogP contribution in [0.1, 0.15) is 11.6 Å². The zero-order valence-corrected chi connectivity index (χ0v) is 14.6. The Labute approximate surface area is 150 Å². The van der Waals surface area contributed by atoms with Crippen LogP contribution in [0.3, 0.4) is 0 Å². The third-order valence-electron chi connectivity index (χ3n) is 4.45. The van der Waals surface area contributed by atoms with Gasteiger partial charge in [-0.25, -0.2) is 14.6 Å². The van der Waals surface area contributed by atoms with E-state index in [1.807, 2.05) is 6.20 Å². The SMILES string of the molecule is NC(=O)Cc1nc(-c2cn3c(n2)CCNCC3)n(CC2COCCO2)n1. The van der Waals surface area contributed by atoms with Crippen molar-refractivity contribution in [1.82, 2.24) is 29.6 Å². The van der Waals surface area contributed by atoms with E-state index in [4.69, 9.17) is 20.2 Å². The van der Waals surface area contributed by atoms with Crippen molar-refractivity contribution in [3.8, 4) is 11.5 Å². The molecule has 0 bridgehead atoms. The van der Waals surface area contributed by atoms with Crippen molar-refractivity contribution in [2.24, 2.45) is 5.73 Å². The van der Waals surface area contributed by atoms with Crippen molar-refractivity contribution < 1.29 is 14.3 Å². The zero-order chi connectivity index (χ0) is 17.9. The third kappa shape index (κ3) is 3.76. The molecular weight excluding hydrogens is 338 g/mol. The molecule has 2 aliphatic heterocycles. The Morgan fingerprint density at radius 1 is 1.35 bits per heavy atom. The number of amides is 1. The molecule has 1 fully saturated rings. The molecule has 2 aromatic heterocycles. The molecule has 10 nitrogen and oxygen atoms in total. The molecule has 26 heavy (non-hydrogen) atoms. The van der Waals surface area contributed by atoms with Crippen molar-refractivity contribution in [2.45, 2.75) is 32.0 Å². The van der Waals surface area contributed by atoms with Crippen LogP contribution in [0.25, 0.3) is 11.5 Å². The number of aromatic nitrogens is 5. The number of nitrogens with zero attached hydrogens (tertiary/aromatic N) is 5. The predicted octanol–water partition coefficient (Wildman–Crippen LogP) is -1.27. The molecule has 1 amide bonds. The average molecular weight is 361 g/mol. The van der Waals surface area contributed by atoms with E-state index in [1.165, 1.54) is 0 Å². The number of carbonyl (C=O) groups is 1. The van der Waals surface area contributed by atoms with Crippen LogP contribution in [-0.4, -0.2) is 69.2 Å². The molecular formula is C16H23N7O3. The molecule has 1 saturated heterocycles. The highest BCUT2D eigenvalue weighted by Gasteiger charge is 2.22. The van der Waals surface area contributed by atoms with Crippen LogP contribution in [0.4, 0.5) is 0 Å². The third-order valence-corrected chi connectivity index (χ3v) is 4.45. The van der Waals surface area contributed by atoms with Crippen molar-refractivity contribution >= 4 is 5.91 Å². The Bertz CT molecular complexity index is 755. The summed E-state index contributed by atoms with van der Waals surface area (Å²) >= 11 is 0. The van der Waals surface area contributed by atoms with Crippen LogP contribution >= 0.6 is 0 Å². The number of nitrogens with two attached hydrogens (primary N) is 1. The minimum atomic E-state index is -0.461. The number of hydrogen-bond donors (Lipinski definition) is 2. The first kappa shape index (κ1) is 17.1. The lowest BCUT2D eigenvalue weighted by atomic mass is 10.3. The topological polar surface area (TPSA) is 122 Å². The van der Waals surface area contributed by atoms with Gasteiger partial charge in [-0.3, -0.25) is 4.79 Å². The summed E-state index contributed by atoms with van der Waals surface area (Å²) in [6, 6.07) is 0. The molecule has 0 aliphatic carbocycles. The number of ether oxygens (including phenoxy) is 2. The van der Waals surface area contributed by atoms with Crippen LogP contribution in [0.2, 0.25) is 0 Å². The number of rotatable bonds is 5. The first-order valence-corrected chi connectivity index (χ1v) is 8.87. The lowest BCUT2D eigenvalue weighted by molar-refractivity contribution is -0.117. The highest BCUT2D eigenvalue weighted by molar-refractivity contribution is 5.75. The fourth-order valence-electron chi connectivity index (χ4n) is 3.25. The monoisotopic (exact) mass is 361 g/mol. The summed E-state index contributed by atoms with van der Waals surface area (Å²) in [6.45, 7) is 4.86. The van der Waals surface area contributed by atoms with E-state index in [0.717, 1.165) is 37.6 Å². The van der Waals surface area contributed by atoms with Gasteiger partial charge in [0.15, 0.2) is 11.6 Å².